The van der Waals surface area contributed by atoms with Gasteiger partial charge in [0.15, 0.2) is 0 Å². The van der Waals surface area contributed by atoms with Crippen LogP contribution in [0.4, 0.5) is 0 Å². The molecule has 2 nitrogen and oxygen atoms in total. The van der Waals surface area contributed by atoms with Crippen LogP contribution in [0.3, 0.4) is 0 Å². The summed E-state index contributed by atoms with van der Waals surface area (Å²) in [5.41, 5.74) is 5.93. The highest BCUT2D eigenvalue weighted by Gasteiger charge is 2.71. The fraction of sp³-hybridized carbons (Fsp3) is 0.708. The summed E-state index contributed by atoms with van der Waals surface area (Å²) < 4.78 is 6.05. The molecule has 1 aliphatic heterocycles. The highest BCUT2D eigenvalue weighted by atomic mass is 16.6. The lowest BCUT2D eigenvalue weighted by Gasteiger charge is -2.63. The van der Waals surface area contributed by atoms with Crippen molar-refractivity contribution in [2.45, 2.75) is 77.7 Å². The lowest BCUT2D eigenvalue weighted by atomic mass is 9.41. The van der Waals surface area contributed by atoms with Crippen molar-refractivity contribution in [2.75, 3.05) is 0 Å². The van der Waals surface area contributed by atoms with E-state index in [-0.39, 0.29) is 16.8 Å². The van der Waals surface area contributed by atoms with Crippen molar-refractivity contribution < 1.29 is 9.53 Å². The number of ether oxygens (including phenoxy) is 1. The Kier molecular flexibility index (Phi) is 3.20. The van der Waals surface area contributed by atoms with Crippen LogP contribution in [-0.2, 0) is 9.53 Å². The number of rotatable bonds is 4. The van der Waals surface area contributed by atoms with E-state index in [4.69, 9.17) is 4.74 Å². The molecule has 0 amide bonds. The van der Waals surface area contributed by atoms with Crippen molar-refractivity contribution in [3.63, 3.8) is 0 Å². The standard InChI is InChI=1S/C24H32O2/c1-6-22-9-7-10-23(14(2)3,21-16-12-17(16)21)18(22)8-11-24(15(4)5)19(22)13-20(25)26-24/h16,18-19H,2,4,6-13H2,1,3,5H3/t16?,18-,19-,22+,23?,24?/m1/s1. The molecule has 0 spiro atoms. The summed E-state index contributed by atoms with van der Waals surface area (Å²) in [6.45, 7) is 15.5. The van der Waals surface area contributed by atoms with Gasteiger partial charge in [-0.15, -0.1) is 0 Å². The molecule has 0 aromatic heterocycles. The van der Waals surface area contributed by atoms with Crippen molar-refractivity contribution >= 4 is 5.97 Å². The second kappa shape index (κ2) is 4.94. The lowest BCUT2D eigenvalue weighted by molar-refractivity contribution is -0.161. The van der Waals surface area contributed by atoms with Crippen LogP contribution in [0.25, 0.3) is 0 Å². The Balaban J connectivity index is 1.65. The van der Waals surface area contributed by atoms with Gasteiger partial charge in [-0.05, 0) is 69.3 Å². The molecule has 140 valence electrons. The monoisotopic (exact) mass is 352 g/mol. The van der Waals surface area contributed by atoms with Gasteiger partial charge in [0.1, 0.15) is 5.60 Å². The fourth-order valence-corrected chi connectivity index (χ4v) is 7.88. The van der Waals surface area contributed by atoms with Crippen LogP contribution < -0.4 is 0 Å². The molecule has 4 fully saturated rings. The molecule has 0 bridgehead atoms. The van der Waals surface area contributed by atoms with Gasteiger partial charge < -0.3 is 4.74 Å². The molecule has 5 aliphatic rings. The maximum Gasteiger partial charge on any atom is 0.307 e. The molecule has 3 saturated carbocycles. The molecule has 2 heteroatoms. The summed E-state index contributed by atoms with van der Waals surface area (Å²) in [5.74, 6) is 1.74. The van der Waals surface area contributed by atoms with Gasteiger partial charge in [0.2, 0.25) is 0 Å². The van der Waals surface area contributed by atoms with Crippen LogP contribution in [0.15, 0.2) is 35.5 Å². The Hall–Kier alpha value is -1.31. The second-order valence-corrected chi connectivity index (χ2v) is 9.88. The van der Waals surface area contributed by atoms with Crippen molar-refractivity contribution in [2.24, 2.45) is 28.6 Å². The number of hydrogen-bond donors (Lipinski definition) is 0. The molecule has 4 aliphatic carbocycles. The van der Waals surface area contributed by atoms with Crippen molar-refractivity contribution in [1.29, 1.82) is 0 Å². The molecule has 6 atom stereocenters. The summed E-state index contributed by atoms with van der Waals surface area (Å²) in [7, 11) is 0. The summed E-state index contributed by atoms with van der Waals surface area (Å²) in [4.78, 5) is 12.5. The Morgan fingerprint density at radius 3 is 2.38 bits per heavy atom. The zero-order valence-electron chi connectivity index (χ0n) is 16.6. The van der Waals surface area contributed by atoms with Crippen LogP contribution in [0.1, 0.15) is 72.1 Å². The average molecular weight is 353 g/mol. The highest BCUT2D eigenvalue weighted by molar-refractivity contribution is 5.74. The van der Waals surface area contributed by atoms with Crippen LogP contribution in [-0.4, -0.2) is 11.6 Å². The molecule has 26 heavy (non-hydrogen) atoms. The van der Waals surface area contributed by atoms with Gasteiger partial charge in [-0.3, -0.25) is 4.79 Å². The van der Waals surface area contributed by atoms with E-state index in [9.17, 15) is 4.79 Å². The summed E-state index contributed by atoms with van der Waals surface area (Å²) in [5, 5.41) is 0. The molecule has 5 rings (SSSR count). The largest absolute Gasteiger partial charge is 0.454 e. The van der Waals surface area contributed by atoms with Crippen LogP contribution in [0.5, 0.6) is 0 Å². The lowest BCUT2D eigenvalue weighted by Crippen LogP contribution is -2.59. The molecular weight excluding hydrogens is 320 g/mol. The number of esters is 1. The van der Waals surface area contributed by atoms with E-state index in [0.29, 0.717) is 18.3 Å². The van der Waals surface area contributed by atoms with Gasteiger partial charge in [-0.25, -0.2) is 0 Å². The topological polar surface area (TPSA) is 26.3 Å². The third-order valence-electron chi connectivity index (χ3n) is 9.15. The van der Waals surface area contributed by atoms with E-state index in [2.05, 4.69) is 33.9 Å². The number of fused-ring (bicyclic) bond motifs is 4. The second-order valence-electron chi connectivity index (χ2n) is 9.88. The van der Waals surface area contributed by atoms with Gasteiger partial charge in [-0.2, -0.15) is 0 Å². The Labute approximate surface area is 157 Å². The van der Waals surface area contributed by atoms with E-state index in [1.165, 1.54) is 31.3 Å². The predicted octanol–water partition coefficient (Wildman–Crippen LogP) is 5.75. The minimum atomic E-state index is -0.411. The average Bonchev–Trinajstić information content (AvgIpc) is 3.47. The molecule has 1 heterocycles. The van der Waals surface area contributed by atoms with E-state index < -0.39 is 5.60 Å². The zero-order chi connectivity index (χ0) is 18.5. The molecule has 1 saturated heterocycles. The van der Waals surface area contributed by atoms with Crippen LogP contribution in [0.2, 0.25) is 0 Å². The van der Waals surface area contributed by atoms with Gasteiger partial charge in [-0.1, -0.05) is 43.2 Å². The number of carbonyl (C=O) groups is 1. The molecule has 0 aromatic carbocycles. The van der Waals surface area contributed by atoms with Gasteiger partial charge in [0.05, 0.1) is 6.42 Å². The van der Waals surface area contributed by atoms with Gasteiger partial charge >= 0.3 is 5.97 Å². The molecule has 0 aromatic rings. The predicted molar refractivity (Wildman–Crippen MR) is 103 cm³/mol. The molecule has 0 radical (unpaired) electrons. The van der Waals surface area contributed by atoms with E-state index in [0.717, 1.165) is 30.8 Å². The first-order valence-electron chi connectivity index (χ1n) is 10.6. The minimum Gasteiger partial charge on any atom is -0.454 e. The third kappa shape index (κ3) is 1.72. The Bertz CT molecular complexity index is 773. The first-order chi connectivity index (χ1) is 12.3. The maximum atomic E-state index is 12.5. The molecular formula is C24H32O2. The van der Waals surface area contributed by atoms with Crippen LogP contribution in [0, 0.1) is 28.6 Å². The van der Waals surface area contributed by atoms with Crippen molar-refractivity contribution in [3.8, 4) is 0 Å². The van der Waals surface area contributed by atoms with E-state index >= 15 is 0 Å². The third-order valence-corrected chi connectivity index (χ3v) is 9.15. The first kappa shape index (κ1) is 16.8. The highest BCUT2D eigenvalue weighted by Crippen LogP contribution is 2.78. The van der Waals surface area contributed by atoms with Crippen molar-refractivity contribution in [1.82, 2.24) is 0 Å². The normalized spacial score (nSPS) is 48.3. The Morgan fingerprint density at radius 2 is 1.85 bits per heavy atom. The van der Waals surface area contributed by atoms with E-state index in [1.54, 1.807) is 11.1 Å². The summed E-state index contributed by atoms with van der Waals surface area (Å²) in [6.07, 6.45) is 8.90. The van der Waals surface area contributed by atoms with Crippen molar-refractivity contribution in [3.05, 3.63) is 35.5 Å². The summed E-state index contributed by atoms with van der Waals surface area (Å²) in [6, 6.07) is 0. The van der Waals surface area contributed by atoms with Gasteiger partial charge in [0, 0.05) is 17.3 Å². The SMILES string of the molecule is C=C(C)C12CC[C@H]3C(C(=C)C)(C4=C5CC54)CCC[C@]3(CC)[C@H]1CC(=O)O2. The maximum absolute atomic E-state index is 12.5. The number of hydrogen-bond acceptors (Lipinski definition) is 2. The first-order valence-corrected chi connectivity index (χ1v) is 10.6. The quantitative estimate of drug-likeness (QED) is 0.476. The summed E-state index contributed by atoms with van der Waals surface area (Å²) >= 11 is 0. The Morgan fingerprint density at radius 1 is 1.12 bits per heavy atom. The fourth-order valence-electron chi connectivity index (χ4n) is 7.88. The number of allylic oxidation sites excluding steroid dienone is 3. The van der Waals surface area contributed by atoms with Crippen LogP contribution >= 0.6 is 0 Å². The zero-order valence-corrected chi connectivity index (χ0v) is 16.6. The smallest absolute Gasteiger partial charge is 0.307 e. The molecule has 0 N–H and O–H groups in total. The number of carbonyl (C=O) groups excluding carboxylic acids is 1. The van der Waals surface area contributed by atoms with Gasteiger partial charge in [0.25, 0.3) is 0 Å². The molecule has 3 unspecified atom stereocenters. The minimum absolute atomic E-state index is 0.00530. The van der Waals surface area contributed by atoms with E-state index in [1.807, 2.05) is 0 Å².